The molecule has 6 heteroatoms. The highest BCUT2D eigenvalue weighted by atomic mass is 15.2. The number of hydrogen-bond donors (Lipinski definition) is 1. The number of nitrogens with zero attached hydrogens (tertiary/aromatic N) is 5. The summed E-state index contributed by atoms with van der Waals surface area (Å²) in [6.45, 7) is 12.3. The summed E-state index contributed by atoms with van der Waals surface area (Å²) in [7, 11) is 1.91. The van der Waals surface area contributed by atoms with E-state index in [1.807, 2.05) is 57.4 Å². The van der Waals surface area contributed by atoms with E-state index in [0.29, 0.717) is 11.7 Å². The fraction of sp³-hybridized carbons (Fsp3) is 0.273. The van der Waals surface area contributed by atoms with Gasteiger partial charge in [0.15, 0.2) is 5.82 Å². The summed E-state index contributed by atoms with van der Waals surface area (Å²) in [4.78, 5) is 4.76. The van der Waals surface area contributed by atoms with Crippen LogP contribution in [-0.2, 0) is 7.05 Å². The molecule has 0 unspecified atom stereocenters. The van der Waals surface area contributed by atoms with Gasteiger partial charge in [-0.15, -0.1) is 5.10 Å². The van der Waals surface area contributed by atoms with Crippen molar-refractivity contribution in [1.82, 2.24) is 25.0 Å². The zero-order chi connectivity index (χ0) is 20.3. The van der Waals surface area contributed by atoms with Crippen molar-refractivity contribution in [3.63, 3.8) is 0 Å². The van der Waals surface area contributed by atoms with Crippen LogP contribution in [0.3, 0.4) is 0 Å². The maximum absolute atomic E-state index is 4.76. The minimum absolute atomic E-state index is 0.387. The summed E-state index contributed by atoms with van der Waals surface area (Å²) < 4.78 is 1.81. The van der Waals surface area contributed by atoms with Gasteiger partial charge in [-0.2, -0.15) is 10.2 Å². The predicted octanol–water partition coefficient (Wildman–Crippen LogP) is 4.82. The summed E-state index contributed by atoms with van der Waals surface area (Å²) in [6, 6.07) is 5.99. The van der Waals surface area contributed by atoms with E-state index in [9.17, 15) is 0 Å². The van der Waals surface area contributed by atoms with E-state index in [4.69, 9.17) is 4.98 Å². The van der Waals surface area contributed by atoms with E-state index in [1.165, 1.54) is 0 Å². The molecule has 0 fully saturated rings. The van der Waals surface area contributed by atoms with Crippen molar-refractivity contribution in [3.05, 3.63) is 71.3 Å². The molecule has 1 N–H and O–H groups in total. The third kappa shape index (κ3) is 4.34. The Balaban J connectivity index is 1.94. The summed E-state index contributed by atoms with van der Waals surface area (Å²) in [5.41, 5.74) is 6.07. The Bertz CT molecular complexity index is 1030. The molecule has 0 aliphatic rings. The zero-order valence-corrected chi connectivity index (χ0v) is 17.1. The summed E-state index contributed by atoms with van der Waals surface area (Å²) in [6.07, 6.45) is 7.66. The van der Waals surface area contributed by atoms with E-state index in [2.05, 4.69) is 41.0 Å². The molecule has 3 aromatic heterocycles. The van der Waals surface area contributed by atoms with Crippen LogP contribution < -0.4 is 5.32 Å². The lowest BCUT2D eigenvalue weighted by molar-refractivity contribution is 0.756. The van der Waals surface area contributed by atoms with Gasteiger partial charge >= 0.3 is 0 Å². The van der Waals surface area contributed by atoms with E-state index in [1.54, 1.807) is 10.9 Å². The molecule has 6 nitrogen and oxygen atoms in total. The van der Waals surface area contributed by atoms with Crippen LogP contribution in [0.1, 0.15) is 47.8 Å². The van der Waals surface area contributed by atoms with Crippen molar-refractivity contribution in [1.29, 1.82) is 0 Å². The number of pyridine rings is 1. The zero-order valence-electron chi connectivity index (χ0n) is 17.1. The number of nitrogens with one attached hydrogen (secondary N) is 1. The van der Waals surface area contributed by atoms with Gasteiger partial charge in [-0.05, 0) is 54.7 Å². The Hall–Kier alpha value is -3.28. The largest absolute Gasteiger partial charge is 0.323 e. The molecule has 0 aromatic carbocycles. The van der Waals surface area contributed by atoms with Crippen LogP contribution in [0, 0.1) is 13.8 Å². The molecule has 0 aliphatic carbocycles. The first kappa shape index (κ1) is 19.5. The predicted molar refractivity (Wildman–Crippen MR) is 114 cm³/mol. The lowest BCUT2D eigenvalue weighted by Crippen LogP contribution is -2.01. The Morgan fingerprint density at radius 1 is 1.21 bits per heavy atom. The summed E-state index contributed by atoms with van der Waals surface area (Å²) in [5.74, 6) is 1.79. The molecule has 144 valence electrons. The van der Waals surface area contributed by atoms with Crippen LogP contribution >= 0.6 is 0 Å². The van der Waals surface area contributed by atoms with Crippen LogP contribution in [0.5, 0.6) is 0 Å². The third-order valence-electron chi connectivity index (χ3n) is 4.57. The Kier molecular flexibility index (Phi) is 5.68. The maximum atomic E-state index is 4.76. The smallest absolute Gasteiger partial charge is 0.154 e. The minimum atomic E-state index is 0.387. The quantitative estimate of drug-likeness (QED) is 0.627. The highest BCUT2D eigenvalue weighted by Gasteiger charge is 2.09. The van der Waals surface area contributed by atoms with Gasteiger partial charge in [0.2, 0.25) is 0 Å². The Morgan fingerprint density at radius 3 is 2.64 bits per heavy atom. The molecule has 0 radical (unpaired) electrons. The number of hydrogen-bond acceptors (Lipinski definition) is 5. The molecule has 0 amide bonds. The fourth-order valence-electron chi connectivity index (χ4n) is 2.93. The monoisotopic (exact) mass is 374 g/mol. The molecule has 28 heavy (non-hydrogen) atoms. The normalized spacial score (nSPS) is 11.7. The molecule has 0 atom stereocenters. The number of allylic oxidation sites excluding steroid dienone is 2. The molecule has 3 aromatic rings. The third-order valence-corrected chi connectivity index (χ3v) is 4.57. The van der Waals surface area contributed by atoms with Crippen LogP contribution in [-0.4, -0.2) is 25.0 Å². The van der Waals surface area contributed by atoms with Gasteiger partial charge in [-0.25, -0.2) is 4.98 Å². The second kappa shape index (κ2) is 8.17. The molecule has 0 saturated heterocycles. The van der Waals surface area contributed by atoms with Crippen molar-refractivity contribution < 1.29 is 0 Å². The summed E-state index contributed by atoms with van der Waals surface area (Å²) in [5, 5.41) is 15.9. The fourth-order valence-corrected chi connectivity index (χ4v) is 2.93. The van der Waals surface area contributed by atoms with Gasteiger partial charge in [0.25, 0.3) is 0 Å². The molecule has 0 spiro atoms. The first-order valence-electron chi connectivity index (χ1n) is 9.29. The molecule has 3 heterocycles. The van der Waals surface area contributed by atoms with Crippen LogP contribution in [0.2, 0.25) is 0 Å². The van der Waals surface area contributed by atoms with Gasteiger partial charge in [-0.1, -0.05) is 32.6 Å². The minimum Gasteiger partial charge on any atom is -0.323 e. The van der Waals surface area contributed by atoms with E-state index < -0.39 is 0 Å². The van der Waals surface area contributed by atoms with Crippen molar-refractivity contribution >= 4 is 23.3 Å². The average molecular weight is 374 g/mol. The van der Waals surface area contributed by atoms with Gasteiger partial charge < -0.3 is 5.32 Å². The van der Waals surface area contributed by atoms with Crippen LogP contribution in [0.4, 0.5) is 11.6 Å². The number of anilines is 2. The Labute approximate surface area is 166 Å². The molecule has 0 aliphatic heterocycles. The highest BCUT2D eigenvalue weighted by Crippen LogP contribution is 2.24. The first-order valence-corrected chi connectivity index (χ1v) is 9.29. The molecular weight excluding hydrogens is 348 g/mol. The van der Waals surface area contributed by atoms with E-state index >= 15 is 0 Å². The lowest BCUT2D eigenvalue weighted by Gasteiger charge is -2.10. The van der Waals surface area contributed by atoms with Crippen molar-refractivity contribution in [2.24, 2.45) is 7.05 Å². The standard InChI is InChI=1S/C22H26N6/c1-7-17(19-13-28(6)27-16(19)5)10-20-15(4)8-9-21(24-20)25-22-11-18(14(2)3)12-23-26-22/h7-14H,1H2,2-6H3,(H,24,25,26)/b17-10+. The summed E-state index contributed by atoms with van der Waals surface area (Å²) >= 11 is 0. The molecule has 0 saturated carbocycles. The lowest BCUT2D eigenvalue weighted by atomic mass is 10.0. The average Bonchev–Trinajstić information content (AvgIpc) is 3.00. The maximum Gasteiger partial charge on any atom is 0.154 e. The SMILES string of the molecule is C=C/C(=C\c1nc(Nc2cc(C(C)C)cnn2)ccc1C)c1cn(C)nc1C. The number of rotatable bonds is 6. The van der Waals surface area contributed by atoms with Gasteiger partial charge in [0.05, 0.1) is 17.6 Å². The van der Waals surface area contributed by atoms with Crippen LogP contribution in [0.15, 0.2) is 43.2 Å². The topological polar surface area (TPSA) is 68.5 Å². The second-order valence-electron chi connectivity index (χ2n) is 7.16. The molecule has 3 rings (SSSR count). The first-order chi connectivity index (χ1) is 13.4. The van der Waals surface area contributed by atoms with Crippen molar-refractivity contribution in [3.8, 4) is 0 Å². The van der Waals surface area contributed by atoms with Gasteiger partial charge in [-0.3, -0.25) is 4.68 Å². The van der Waals surface area contributed by atoms with Gasteiger partial charge in [0.1, 0.15) is 5.82 Å². The van der Waals surface area contributed by atoms with E-state index in [-0.39, 0.29) is 0 Å². The second-order valence-corrected chi connectivity index (χ2v) is 7.16. The highest BCUT2D eigenvalue weighted by molar-refractivity contribution is 5.87. The van der Waals surface area contributed by atoms with E-state index in [0.717, 1.165) is 39.5 Å². The molecular formula is C22H26N6. The van der Waals surface area contributed by atoms with Gasteiger partial charge in [0, 0.05) is 18.8 Å². The Morgan fingerprint density at radius 2 is 2.00 bits per heavy atom. The number of aromatic nitrogens is 5. The van der Waals surface area contributed by atoms with Crippen molar-refractivity contribution in [2.45, 2.75) is 33.6 Å². The number of aryl methyl sites for hydroxylation is 3. The van der Waals surface area contributed by atoms with Crippen LogP contribution in [0.25, 0.3) is 11.6 Å². The molecule has 0 bridgehead atoms. The van der Waals surface area contributed by atoms with Crippen molar-refractivity contribution in [2.75, 3.05) is 5.32 Å².